The largest absolute Gasteiger partial charge is 0.451 e. The van der Waals surface area contributed by atoms with Gasteiger partial charge in [-0.05, 0) is 110 Å². The Morgan fingerprint density at radius 3 is 1.17 bits per heavy atom. The Kier molecular flexibility index (Phi) is 17.6. The van der Waals surface area contributed by atoms with Crippen LogP contribution in [0.4, 0.5) is 17.6 Å². The number of amides is 2. The Bertz CT molecular complexity index is 2460. The molecule has 24 heteroatoms. The molecule has 64 heavy (non-hydrogen) atoms. The molecule has 0 bridgehead atoms. The van der Waals surface area contributed by atoms with Gasteiger partial charge in [-0.1, -0.05) is 0 Å². The average molecular weight is 935 g/mol. The number of nitrogens with one attached hydrogen (secondary N) is 2. The Morgan fingerprint density at radius 2 is 0.875 bits per heavy atom. The minimum atomic E-state index is -4.01. The third-order valence-electron chi connectivity index (χ3n) is 8.10. The van der Waals surface area contributed by atoms with E-state index in [9.17, 15) is 44.0 Å². The van der Waals surface area contributed by atoms with Crippen molar-refractivity contribution in [3.8, 4) is 23.0 Å². The molecule has 0 aromatic heterocycles. The van der Waals surface area contributed by atoms with Crippen molar-refractivity contribution in [1.82, 2.24) is 9.44 Å². The summed E-state index contributed by atoms with van der Waals surface area (Å²) in [5.74, 6) is -8.60. The topological polar surface area (TPSA) is 292 Å². The van der Waals surface area contributed by atoms with Crippen LogP contribution < -0.4 is 41.9 Å². The number of nitrogens with two attached hydrogens (primary N) is 4. The SMILES string of the molecule is C/C(=C\c1cc(F)c(Oc2ccc(S(=O)(=O)NCCOCCOCCNS(=O)(=O)c3ccc(Oc4c(F)cc(/C=C(\C)C(=O)N=C(N)N)cc4F)cc3)cc2)c(F)c1)C(=O)N=C(N)N. The van der Waals surface area contributed by atoms with Crippen LogP contribution >= 0.6 is 0 Å². The Hall–Kier alpha value is -6.70. The van der Waals surface area contributed by atoms with Crippen LogP contribution in [0.3, 0.4) is 0 Å². The first-order valence-corrected chi connectivity index (χ1v) is 21.4. The van der Waals surface area contributed by atoms with Crippen molar-refractivity contribution in [2.45, 2.75) is 23.6 Å². The van der Waals surface area contributed by atoms with Gasteiger partial charge >= 0.3 is 0 Å². The monoisotopic (exact) mass is 934 g/mol. The van der Waals surface area contributed by atoms with Gasteiger partial charge in [-0.25, -0.2) is 43.8 Å². The number of nitrogens with zero attached hydrogens (tertiary/aromatic N) is 2. The fourth-order valence-corrected chi connectivity index (χ4v) is 7.18. The second kappa shape index (κ2) is 22.6. The van der Waals surface area contributed by atoms with Gasteiger partial charge in [0.15, 0.2) is 46.7 Å². The fourth-order valence-electron chi connectivity index (χ4n) is 5.15. The van der Waals surface area contributed by atoms with Gasteiger partial charge in [0.05, 0.1) is 36.2 Å². The van der Waals surface area contributed by atoms with Crippen LogP contribution in [0.15, 0.2) is 104 Å². The highest BCUT2D eigenvalue weighted by Crippen LogP contribution is 2.32. The van der Waals surface area contributed by atoms with E-state index in [1.54, 1.807) is 0 Å². The van der Waals surface area contributed by atoms with Crippen LogP contribution in [-0.4, -0.2) is 80.1 Å². The Balaban J connectivity index is 1.15. The fraction of sp³-hybridized carbons (Fsp3) is 0.200. The van der Waals surface area contributed by atoms with E-state index in [0.29, 0.717) is 0 Å². The molecule has 0 atom stereocenters. The van der Waals surface area contributed by atoms with E-state index < -0.39 is 78.5 Å². The highest BCUT2D eigenvalue weighted by atomic mass is 32.2. The van der Waals surface area contributed by atoms with E-state index in [1.807, 2.05) is 0 Å². The summed E-state index contributed by atoms with van der Waals surface area (Å²) < 4.78 is 136. The summed E-state index contributed by atoms with van der Waals surface area (Å²) in [6, 6.07) is 13.1. The quantitative estimate of drug-likeness (QED) is 0.0229. The molecule has 0 aliphatic rings. The number of carbonyl (C=O) groups is 2. The van der Waals surface area contributed by atoms with Gasteiger partial charge in [0.25, 0.3) is 11.8 Å². The molecular weight excluding hydrogens is 893 g/mol. The lowest BCUT2D eigenvalue weighted by Gasteiger charge is -2.11. The minimum Gasteiger partial charge on any atom is -0.451 e. The number of halogens is 4. The lowest BCUT2D eigenvalue weighted by molar-refractivity contribution is -0.115. The van der Waals surface area contributed by atoms with Crippen molar-refractivity contribution in [2.24, 2.45) is 32.9 Å². The molecule has 0 aliphatic carbocycles. The summed E-state index contributed by atoms with van der Waals surface area (Å²) in [4.78, 5) is 30.1. The zero-order valence-electron chi connectivity index (χ0n) is 33.9. The van der Waals surface area contributed by atoms with Gasteiger partial charge in [0, 0.05) is 24.2 Å². The van der Waals surface area contributed by atoms with Crippen LogP contribution in [0.25, 0.3) is 12.2 Å². The lowest BCUT2D eigenvalue weighted by Crippen LogP contribution is -2.28. The summed E-state index contributed by atoms with van der Waals surface area (Å²) in [6.07, 6.45) is 2.35. The van der Waals surface area contributed by atoms with E-state index in [-0.39, 0.29) is 83.1 Å². The van der Waals surface area contributed by atoms with Crippen LogP contribution in [0.2, 0.25) is 0 Å². The maximum Gasteiger partial charge on any atom is 0.275 e. The summed E-state index contributed by atoms with van der Waals surface area (Å²) in [7, 11) is -8.03. The molecule has 0 saturated carbocycles. The molecule has 0 unspecified atom stereocenters. The van der Waals surface area contributed by atoms with Crippen molar-refractivity contribution in [3.63, 3.8) is 0 Å². The minimum absolute atomic E-state index is 0.00725. The first kappa shape index (κ1) is 50.0. The van der Waals surface area contributed by atoms with Gasteiger partial charge in [-0.2, -0.15) is 9.98 Å². The molecule has 2 amide bonds. The highest BCUT2D eigenvalue weighted by molar-refractivity contribution is 7.89. The van der Waals surface area contributed by atoms with E-state index in [2.05, 4.69) is 19.4 Å². The van der Waals surface area contributed by atoms with Crippen LogP contribution in [0, 0.1) is 23.3 Å². The number of guanidine groups is 2. The molecule has 0 spiro atoms. The average Bonchev–Trinajstić information content (AvgIpc) is 3.21. The maximum absolute atomic E-state index is 14.7. The number of ether oxygens (including phenoxy) is 4. The van der Waals surface area contributed by atoms with Crippen LogP contribution in [0.1, 0.15) is 25.0 Å². The predicted molar refractivity (Wildman–Crippen MR) is 227 cm³/mol. The Labute approximate surface area is 364 Å². The number of rotatable bonds is 21. The number of sulfonamides is 2. The summed E-state index contributed by atoms with van der Waals surface area (Å²) >= 11 is 0. The summed E-state index contributed by atoms with van der Waals surface area (Å²) in [6.45, 7) is 2.44. The first-order valence-electron chi connectivity index (χ1n) is 18.5. The van der Waals surface area contributed by atoms with Crippen molar-refractivity contribution in [1.29, 1.82) is 0 Å². The van der Waals surface area contributed by atoms with Gasteiger partial charge in [0.1, 0.15) is 11.5 Å². The molecule has 0 heterocycles. The van der Waals surface area contributed by atoms with E-state index in [0.717, 1.165) is 48.5 Å². The van der Waals surface area contributed by atoms with Crippen LogP contribution in [-0.2, 0) is 39.1 Å². The second-order valence-corrected chi connectivity index (χ2v) is 16.7. The van der Waals surface area contributed by atoms with E-state index in [1.165, 1.54) is 50.3 Å². The molecule has 0 radical (unpaired) electrons. The zero-order chi connectivity index (χ0) is 47.2. The molecule has 0 fully saturated rings. The molecular formula is C40H42F4N8O10S2. The summed E-state index contributed by atoms with van der Waals surface area (Å²) in [5.41, 5.74) is 20.7. The van der Waals surface area contributed by atoms with Gasteiger partial charge in [-0.3, -0.25) is 9.59 Å². The second-order valence-electron chi connectivity index (χ2n) is 13.1. The molecule has 4 aromatic carbocycles. The first-order chi connectivity index (χ1) is 30.1. The van der Waals surface area contributed by atoms with E-state index in [4.69, 9.17) is 41.9 Å². The van der Waals surface area contributed by atoms with Crippen molar-refractivity contribution >= 4 is 55.9 Å². The standard InChI is InChI=1S/C40H42F4N8O10S2/c1-23(37(53)51-39(45)46)17-25-19-31(41)35(32(42)20-25)61-27-3-7-29(8-4-27)63(55,56)49-11-13-59-15-16-60-14-12-50-64(57,58)30-9-5-28(6-10-30)62-36-33(43)21-26(22-34(36)44)18-24(2)38(54)52-40(47)48/h3-10,17-22,49-50H,11-16H2,1-2H3,(H4,45,46,51,53)(H4,47,48,52,54)/b23-17+,24-18+. The van der Waals surface area contributed by atoms with Crippen molar-refractivity contribution in [3.05, 3.63) is 118 Å². The normalized spacial score (nSPS) is 12.1. The van der Waals surface area contributed by atoms with Crippen LogP contribution in [0.5, 0.6) is 23.0 Å². The van der Waals surface area contributed by atoms with E-state index >= 15 is 0 Å². The number of hydrogen-bond donors (Lipinski definition) is 6. The molecule has 0 aliphatic heterocycles. The number of hydrogen-bond acceptors (Lipinski definition) is 10. The smallest absolute Gasteiger partial charge is 0.275 e. The van der Waals surface area contributed by atoms with Crippen molar-refractivity contribution < 1.29 is 62.9 Å². The molecule has 4 rings (SSSR count). The number of benzene rings is 4. The third-order valence-corrected chi connectivity index (χ3v) is 11.1. The maximum atomic E-state index is 14.7. The van der Waals surface area contributed by atoms with Gasteiger partial charge in [-0.15, -0.1) is 0 Å². The molecule has 4 aromatic rings. The lowest BCUT2D eigenvalue weighted by atomic mass is 10.1. The predicted octanol–water partition coefficient (Wildman–Crippen LogP) is 3.52. The number of aliphatic imine (C=N–C) groups is 2. The molecule has 0 saturated heterocycles. The molecule has 342 valence electrons. The Morgan fingerprint density at radius 1 is 0.562 bits per heavy atom. The van der Waals surface area contributed by atoms with Crippen molar-refractivity contribution in [2.75, 3.05) is 39.5 Å². The highest BCUT2D eigenvalue weighted by Gasteiger charge is 2.19. The zero-order valence-corrected chi connectivity index (χ0v) is 35.6. The summed E-state index contributed by atoms with van der Waals surface area (Å²) in [5, 5.41) is 0. The third kappa shape index (κ3) is 15.0. The number of carbonyl (C=O) groups excluding carboxylic acids is 2. The molecule has 10 N–H and O–H groups in total. The van der Waals surface area contributed by atoms with Gasteiger partial charge in [0.2, 0.25) is 20.0 Å². The molecule has 18 nitrogen and oxygen atoms in total. The van der Waals surface area contributed by atoms with Gasteiger partial charge < -0.3 is 41.9 Å².